The van der Waals surface area contributed by atoms with Crippen molar-refractivity contribution in [3.63, 3.8) is 0 Å². The zero-order valence-electron chi connectivity index (χ0n) is 16.4. The molecule has 1 aromatic carbocycles. The van der Waals surface area contributed by atoms with Crippen LogP contribution in [0.15, 0.2) is 18.2 Å². The minimum Gasteiger partial charge on any atom is -0.399 e. The number of amides is 1. The Labute approximate surface area is 152 Å². The van der Waals surface area contributed by atoms with Crippen LogP contribution in [0.2, 0.25) is 0 Å². The summed E-state index contributed by atoms with van der Waals surface area (Å²) in [6, 6.07) is 5.88. The van der Waals surface area contributed by atoms with Gasteiger partial charge in [0.05, 0.1) is 11.2 Å². The van der Waals surface area contributed by atoms with Crippen molar-refractivity contribution >= 4 is 18.5 Å². The van der Waals surface area contributed by atoms with E-state index in [0.717, 1.165) is 37.0 Å². The van der Waals surface area contributed by atoms with E-state index in [2.05, 4.69) is 6.92 Å². The molecule has 2 aliphatic heterocycles. The van der Waals surface area contributed by atoms with Gasteiger partial charge >= 0.3 is 7.12 Å². The second kappa shape index (κ2) is 6.44. The van der Waals surface area contributed by atoms with E-state index in [4.69, 9.17) is 9.31 Å². The average molecular weight is 343 g/mol. The molecule has 0 aromatic heterocycles. The summed E-state index contributed by atoms with van der Waals surface area (Å²) in [6.07, 6.45) is 2.15. The van der Waals surface area contributed by atoms with Crippen LogP contribution in [-0.4, -0.2) is 42.2 Å². The fourth-order valence-corrected chi connectivity index (χ4v) is 3.52. The average Bonchev–Trinajstić information content (AvgIpc) is 2.74. The number of hydrogen-bond donors (Lipinski definition) is 0. The lowest BCUT2D eigenvalue weighted by atomic mass is 9.73. The van der Waals surface area contributed by atoms with Gasteiger partial charge in [0.15, 0.2) is 0 Å². The van der Waals surface area contributed by atoms with Crippen LogP contribution in [-0.2, 0) is 9.31 Å². The molecule has 1 amide bonds. The Balaban J connectivity index is 1.92. The third kappa shape index (κ3) is 3.36. The molecule has 2 heterocycles. The van der Waals surface area contributed by atoms with Crippen molar-refractivity contribution in [3.05, 3.63) is 29.3 Å². The summed E-state index contributed by atoms with van der Waals surface area (Å²) < 4.78 is 12.5. The second-order valence-corrected chi connectivity index (χ2v) is 8.60. The van der Waals surface area contributed by atoms with Crippen molar-refractivity contribution in [2.24, 2.45) is 5.92 Å². The maximum Gasteiger partial charge on any atom is 0.495 e. The van der Waals surface area contributed by atoms with Gasteiger partial charge in [-0.2, -0.15) is 0 Å². The molecule has 136 valence electrons. The van der Waals surface area contributed by atoms with E-state index in [0.29, 0.717) is 11.5 Å². The summed E-state index contributed by atoms with van der Waals surface area (Å²) in [5.74, 6) is 0.796. The van der Waals surface area contributed by atoms with Crippen molar-refractivity contribution in [3.8, 4) is 0 Å². The maximum absolute atomic E-state index is 13.2. The summed E-state index contributed by atoms with van der Waals surface area (Å²) in [7, 11) is -0.506. The highest BCUT2D eigenvalue weighted by Crippen LogP contribution is 2.37. The largest absolute Gasteiger partial charge is 0.495 e. The molecular weight excluding hydrogens is 313 g/mol. The van der Waals surface area contributed by atoms with Gasteiger partial charge in [-0.05, 0) is 64.9 Å². The highest BCUT2D eigenvalue weighted by molar-refractivity contribution is 6.64. The Bertz CT molecular complexity index is 647. The number of carbonyl (C=O) groups excluding carboxylic acids is 1. The van der Waals surface area contributed by atoms with Gasteiger partial charge in [0.1, 0.15) is 0 Å². The maximum atomic E-state index is 13.2. The molecule has 3 rings (SSSR count). The first-order valence-corrected chi connectivity index (χ1v) is 9.37. The minimum atomic E-state index is -0.506. The van der Waals surface area contributed by atoms with Crippen molar-refractivity contribution in [2.45, 2.75) is 65.6 Å². The Morgan fingerprint density at radius 2 is 1.68 bits per heavy atom. The monoisotopic (exact) mass is 343 g/mol. The normalized spacial score (nSPS) is 23.1. The minimum absolute atomic E-state index is 0.0975. The third-order valence-corrected chi connectivity index (χ3v) is 6.11. The SMILES string of the molecule is Cc1cccc(C(=O)N2CCC(C)CC2)c1B1OC(C)(C)C(C)(C)O1. The number of rotatable bonds is 2. The van der Waals surface area contributed by atoms with Gasteiger partial charge in [0.2, 0.25) is 0 Å². The molecule has 2 fully saturated rings. The molecule has 0 unspecified atom stereocenters. The first-order valence-electron chi connectivity index (χ1n) is 9.37. The van der Waals surface area contributed by atoms with Gasteiger partial charge in [-0.15, -0.1) is 0 Å². The molecule has 0 spiro atoms. The quantitative estimate of drug-likeness (QED) is 0.775. The van der Waals surface area contributed by atoms with Gasteiger partial charge < -0.3 is 14.2 Å². The number of piperidine rings is 1. The Morgan fingerprint density at radius 1 is 1.12 bits per heavy atom. The predicted octanol–water partition coefficient (Wildman–Crippen LogP) is 3.17. The van der Waals surface area contributed by atoms with E-state index in [9.17, 15) is 4.79 Å². The van der Waals surface area contributed by atoms with E-state index in [1.165, 1.54) is 0 Å². The zero-order valence-corrected chi connectivity index (χ0v) is 16.4. The molecule has 2 aliphatic rings. The predicted molar refractivity (Wildman–Crippen MR) is 101 cm³/mol. The van der Waals surface area contributed by atoms with Crippen LogP contribution < -0.4 is 5.46 Å². The van der Waals surface area contributed by atoms with Crippen LogP contribution in [0.1, 0.15) is 63.4 Å². The molecular formula is C20H30BNO3. The number of carbonyl (C=O) groups is 1. The molecule has 0 atom stereocenters. The second-order valence-electron chi connectivity index (χ2n) is 8.60. The van der Waals surface area contributed by atoms with E-state index in [1.807, 2.05) is 57.7 Å². The molecule has 0 N–H and O–H groups in total. The number of likely N-dealkylation sites (tertiary alicyclic amines) is 1. The van der Waals surface area contributed by atoms with Crippen LogP contribution >= 0.6 is 0 Å². The summed E-state index contributed by atoms with van der Waals surface area (Å²) in [5, 5.41) is 0. The smallest absolute Gasteiger partial charge is 0.399 e. The van der Waals surface area contributed by atoms with Crippen LogP contribution in [0.25, 0.3) is 0 Å². The van der Waals surface area contributed by atoms with Crippen molar-refractivity contribution in [1.82, 2.24) is 4.90 Å². The Kier molecular flexibility index (Phi) is 4.76. The standard InChI is InChI=1S/C20H30BNO3/c1-14-10-12-22(13-11-14)18(23)16-9-7-8-15(2)17(16)21-24-19(3,4)20(5,6)25-21/h7-9,14H,10-13H2,1-6H3. The molecule has 4 nitrogen and oxygen atoms in total. The zero-order chi connectivity index (χ0) is 18.4. The molecule has 0 radical (unpaired) electrons. The Morgan fingerprint density at radius 3 is 2.24 bits per heavy atom. The highest BCUT2D eigenvalue weighted by atomic mass is 16.7. The third-order valence-electron chi connectivity index (χ3n) is 6.11. The molecule has 0 saturated carbocycles. The van der Waals surface area contributed by atoms with Crippen molar-refractivity contribution < 1.29 is 14.1 Å². The van der Waals surface area contributed by atoms with E-state index >= 15 is 0 Å². The molecule has 0 aliphatic carbocycles. The van der Waals surface area contributed by atoms with Gasteiger partial charge in [0, 0.05) is 18.7 Å². The summed E-state index contributed by atoms with van der Waals surface area (Å²) in [5.41, 5.74) is 1.80. The van der Waals surface area contributed by atoms with Gasteiger partial charge in [-0.25, -0.2) is 0 Å². The lowest BCUT2D eigenvalue weighted by molar-refractivity contribution is 0.00578. The van der Waals surface area contributed by atoms with Crippen LogP contribution in [0.5, 0.6) is 0 Å². The fourth-order valence-electron chi connectivity index (χ4n) is 3.52. The van der Waals surface area contributed by atoms with E-state index in [-0.39, 0.29) is 5.91 Å². The lowest BCUT2D eigenvalue weighted by Gasteiger charge is -2.32. The first kappa shape index (κ1) is 18.5. The highest BCUT2D eigenvalue weighted by Gasteiger charge is 2.53. The number of hydrogen-bond acceptors (Lipinski definition) is 3. The summed E-state index contributed by atoms with van der Waals surface area (Å²) >= 11 is 0. The Hall–Kier alpha value is -1.33. The van der Waals surface area contributed by atoms with Crippen molar-refractivity contribution in [2.75, 3.05) is 13.1 Å². The molecule has 1 aromatic rings. The molecule has 5 heteroatoms. The number of nitrogens with zero attached hydrogens (tertiary/aromatic N) is 1. The van der Waals surface area contributed by atoms with Gasteiger partial charge in [-0.3, -0.25) is 4.79 Å². The van der Waals surface area contributed by atoms with Crippen LogP contribution in [0.3, 0.4) is 0 Å². The van der Waals surface area contributed by atoms with Gasteiger partial charge in [0.25, 0.3) is 5.91 Å². The van der Waals surface area contributed by atoms with E-state index < -0.39 is 18.3 Å². The van der Waals surface area contributed by atoms with Gasteiger partial charge in [-0.1, -0.05) is 24.6 Å². The van der Waals surface area contributed by atoms with Crippen molar-refractivity contribution in [1.29, 1.82) is 0 Å². The van der Waals surface area contributed by atoms with Crippen LogP contribution in [0, 0.1) is 12.8 Å². The number of benzene rings is 1. The topological polar surface area (TPSA) is 38.8 Å². The molecule has 0 bridgehead atoms. The molecule has 2 saturated heterocycles. The van der Waals surface area contributed by atoms with E-state index in [1.54, 1.807) is 0 Å². The molecule has 25 heavy (non-hydrogen) atoms. The summed E-state index contributed by atoms with van der Waals surface area (Å²) in [6.45, 7) is 14.1. The first-order chi connectivity index (χ1) is 11.6. The number of aryl methyl sites for hydroxylation is 1. The fraction of sp³-hybridized carbons (Fsp3) is 0.650. The lowest BCUT2D eigenvalue weighted by Crippen LogP contribution is -2.45. The summed E-state index contributed by atoms with van der Waals surface area (Å²) in [4.78, 5) is 15.1. The van der Waals surface area contributed by atoms with Crippen LogP contribution in [0.4, 0.5) is 0 Å².